The van der Waals surface area contributed by atoms with Crippen molar-refractivity contribution in [3.8, 4) is 0 Å². The number of hydrogen-bond donors (Lipinski definition) is 1. The van der Waals surface area contributed by atoms with Crippen LogP contribution in [0.3, 0.4) is 0 Å². The molecule has 4 nitrogen and oxygen atoms in total. The summed E-state index contributed by atoms with van der Waals surface area (Å²) in [7, 11) is 0. The lowest BCUT2D eigenvalue weighted by Gasteiger charge is -2.02. The van der Waals surface area contributed by atoms with Gasteiger partial charge >= 0.3 is 0 Å². The zero-order valence-electron chi connectivity index (χ0n) is 8.07. The normalized spacial score (nSPS) is 9.79. The van der Waals surface area contributed by atoms with E-state index in [1.807, 2.05) is 0 Å². The van der Waals surface area contributed by atoms with Crippen molar-refractivity contribution in [3.05, 3.63) is 31.2 Å². The van der Waals surface area contributed by atoms with Crippen LogP contribution in [0.25, 0.3) is 0 Å². The first-order valence-corrected chi connectivity index (χ1v) is 4.68. The van der Waals surface area contributed by atoms with Gasteiger partial charge in [-0.15, -0.1) is 0 Å². The van der Waals surface area contributed by atoms with E-state index in [1.54, 1.807) is 6.20 Å². The SMILES string of the molecule is [CH2]CCCCNC(=O)c1cnccn1. The van der Waals surface area contributed by atoms with E-state index >= 15 is 0 Å². The molecule has 0 saturated carbocycles. The molecular formula is C10H14N3O. The van der Waals surface area contributed by atoms with Gasteiger partial charge in [0.2, 0.25) is 0 Å². The summed E-state index contributed by atoms with van der Waals surface area (Å²) < 4.78 is 0. The van der Waals surface area contributed by atoms with Crippen LogP contribution >= 0.6 is 0 Å². The Hall–Kier alpha value is -1.45. The maximum atomic E-state index is 11.4. The van der Waals surface area contributed by atoms with E-state index < -0.39 is 0 Å². The van der Waals surface area contributed by atoms with Crippen molar-refractivity contribution in [1.82, 2.24) is 15.3 Å². The Labute approximate surface area is 83.8 Å². The zero-order chi connectivity index (χ0) is 10.2. The van der Waals surface area contributed by atoms with Gasteiger partial charge < -0.3 is 5.32 Å². The molecule has 1 aromatic rings. The maximum absolute atomic E-state index is 11.4. The summed E-state index contributed by atoms with van der Waals surface area (Å²) in [5.74, 6) is -0.165. The van der Waals surface area contributed by atoms with Gasteiger partial charge in [0.15, 0.2) is 0 Å². The number of nitrogens with one attached hydrogen (secondary N) is 1. The van der Waals surface area contributed by atoms with E-state index in [0.29, 0.717) is 12.2 Å². The minimum Gasteiger partial charge on any atom is -0.351 e. The molecule has 0 bridgehead atoms. The van der Waals surface area contributed by atoms with Crippen LogP contribution in [0.4, 0.5) is 0 Å². The molecule has 4 heteroatoms. The molecule has 1 heterocycles. The molecule has 1 radical (unpaired) electrons. The Morgan fingerprint density at radius 3 is 2.93 bits per heavy atom. The largest absolute Gasteiger partial charge is 0.351 e. The van der Waals surface area contributed by atoms with Crippen LogP contribution in [-0.4, -0.2) is 22.4 Å². The topological polar surface area (TPSA) is 54.9 Å². The zero-order valence-corrected chi connectivity index (χ0v) is 8.07. The monoisotopic (exact) mass is 192 g/mol. The number of nitrogens with zero attached hydrogens (tertiary/aromatic N) is 2. The van der Waals surface area contributed by atoms with Crippen LogP contribution < -0.4 is 5.32 Å². The molecule has 0 atom stereocenters. The van der Waals surface area contributed by atoms with Crippen molar-refractivity contribution in [2.45, 2.75) is 19.3 Å². The second-order valence-corrected chi connectivity index (χ2v) is 2.91. The molecule has 0 aliphatic rings. The van der Waals surface area contributed by atoms with Crippen LogP contribution in [-0.2, 0) is 0 Å². The van der Waals surface area contributed by atoms with Gasteiger partial charge in [-0.1, -0.05) is 19.8 Å². The third-order valence-electron chi connectivity index (χ3n) is 1.76. The van der Waals surface area contributed by atoms with Gasteiger partial charge in [-0.3, -0.25) is 9.78 Å². The molecule has 0 aromatic carbocycles. The molecule has 1 aromatic heterocycles. The molecule has 0 spiro atoms. The standard InChI is InChI=1S/C10H14N3O/c1-2-3-4-5-13-10(14)9-8-11-6-7-12-9/h6-8H,1-5H2,(H,13,14). The highest BCUT2D eigenvalue weighted by Crippen LogP contribution is 1.93. The second kappa shape index (κ2) is 6.07. The third-order valence-corrected chi connectivity index (χ3v) is 1.76. The number of carbonyl (C=O) groups excluding carboxylic acids is 1. The first kappa shape index (κ1) is 10.6. The first-order chi connectivity index (χ1) is 6.84. The maximum Gasteiger partial charge on any atom is 0.271 e. The van der Waals surface area contributed by atoms with E-state index in [-0.39, 0.29) is 5.91 Å². The lowest BCUT2D eigenvalue weighted by atomic mass is 10.2. The second-order valence-electron chi connectivity index (χ2n) is 2.91. The van der Waals surface area contributed by atoms with Crippen molar-refractivity contribution in [2.75, 3.05) is 6.54 Å². The minimum absolute atomic E-state index is 0.165. The number of rotatable bonds is 5. The predicted molar refractivity (Wildman–Crippen MR) is 53.6 cm³/mol. The summed E-state index contributed by atoms with van der Waals surface area (Å²) in [6, 6.07) is 0. The quantitative estimate of drug-likeness (QED) is 0.713. The van der Waals surface area contributed by atoms with E-state index in [2.05, 4.69) is 22.2 Å². The number of aromatic nitrogens is 2. The van der Waals surface area contributed by atoms with E-state index in [9.17, 15) is 4.79 Å². The molecule has 0 saturated heterocycles. The van der Waals surface area contributed by atoms with Crippen LogP contribution in [0.15, 0.2) is 18.6 Å². The molecular weight excluding hydrogens is 178 g/mol. The molecule has 0 aliphatic carbocycles. The summed E-state index contributed by atoms with van der Waals surface area (Å²) in [5.41, 5.74) is 0.363. The van der Waals surface area contributed by atoms with Crippen molar-refractivity contribution in [3.63, 3.8) is 0 Å². The molecule has 14 heavy (non-hydrogen) atoms. The highest BCUT2D eigenvalue weighted by Gasteiger charge is 2.04. The van der Waals surface area contributed by atoms with Crippen LogP contribution in [0.2, 0.25) is 0 Å². The van der Waals surface area contributed by atoms with Crippen molar-refractivity contribution >= 4 is 5.91 Å². The number of amides is 1. The van der Waals surface area contributed by atoms with Gasteiger partial charge in [-0.25, -0.2) is 4.98 Å². The van der Waals surface area contributed by atoms with Crippen molar-refractivity contribution in [2.24, 2.45) is 0 Å². The van der Waals surface area contributed by atoms with E-state index in [0.717, 1.165) is 19.3 Å². The van der Waals surface area contributed by atoms with Crippen LogP contribution in [0.5, 0.6) is 0 Å². The van der Waals surface area contributed by atoms with Gasteiger partial charge in [0, 0.05) is 18.9 Å². The highest BCUT2D eigenvalue weighted by atomic mass is 16.1. The molecule has 75 valence electrons. The van der Waals surface area contributed by atoms with Crippen LogP contribution in [0, 0.1) is 6.92 Å². The van der Waals surface area contributed by atoms with Crippen molar-refractivity contribution in [1.29, 1.82) is 0 Å². The molecule has 1 rings (SSSR count). The number of unbranched alkanes of at least 4 members (excludes halogenated alkanes) is 2. The Kier molecular flexibility index (Phi) is 4.61. The van der Waals surface area contributed by atoms with Gasteiger partial charge in [-0.05, 0) is 6.42 Å². The molecule has 1 amide bonds. The number of hydrogen-bond acceptors (Lipinski definition) is 3. The number of carbonyl (C=O) groups is 1. The van der Waals surface area contributed by atoms with Gasteiger partial charge in [-0.2, -0.15) is 0 Å². The van der Waals surface area contributed by atoms with E-state index in [4.69, 9.17) is 0 Å². The molecule has 0 aliphatic heterocycles. The Balaban J connectivity index is 2.29. The average Bonchev–Trinajstić information content (AvgIpc) is 2.25. The fraction of sp³-hybridized carbons (Fsp3) is 0.400. The summed E-state index contributed by atoms with van der Waals surface area (Å²) in [6.45, 7) is 4.40. The fourth-order valence-corrected chi connectivity index (χ4v) is 1.01. The van der Waals surface area contributed by atoms with Gasteiger partial charge in [0.05, 0.1) is 6.20 Å². The Morgan fingerprint density at radius 1 is 1.43 bits per heavy atom. The first-order valence-electron chi connectivity index (χ1n) is 4.68. The van der Waals surface area contributed by atoms with Crippen LogP contribution in [0.1, 0.15) is 29.8 Å². The molecule has 1 N–H and O–H groups in total. The summed E-state index contributed by atoms with van der Waals surface area (Å²) >= 11 is 0. The van der Waals surface area contributed by atoms with Gasteiger partial charge in [0.1, 0.15) is 5.69 Å². The summed E-state index contributed by atoms with van der Waals surface area (Å²) in [5, 5.41) is 2.76. The minimum atomic E-state index is -0.165. The average molecular weight is 192 g/mol. The molecule has 0 fully saturated rings. The highest BCUT2D eigenvalue weighted by molar-refractivity contribution is 5.91. The lowest BCUT2D eigenvalue weighted by molar-refractivity contribution is 0.0947. The smallest absolute Gasteiger partial charge is 0.271 e. The van der Waals surface area contributed by atoms with Crippen molar-refractivity contribution < 1.29 is 4.79 Å². The fourth-order valence-electron chi connectivity index (χ4n) is 1.01. The van der Waals surface area contributed by atoms with E-state index in [1.165, 1.54) is 12.4 Å². The summed E-state index contributed by atoms with van der Waals surface area (Å²) in [4.78, 5) is 19.1. The Bertz CT molecular complexity index is 274. The summed E-state index contributed by atoms with van der Waals surface area (Å²) in [6.07, 6.45) is 7.39. The third kappa shape index (κ3) is 3.51. The lowest BCUT2D eigenvalue weighted by Crippen LogP contribution is -2.25. The Morgan fingerprint density at radius 2 is 2.29 bits per heavy atom. The van der Waals surface area contributed by atoms with Gasteiger partial charge in [0.25, 0.3) is 5.91 Å². The molecule has 0 unspecified atom stereocenters. The predicted octanol–water partition coefficient (Wildman–Crippen LogP) is 1.21.